The third kappa shape index (κ3) is 3.59. The maximum Gasteiger partial charge on any atom is 0.162 e. The zero-order valence-corrected chi connectivity index (χ0v) is 14.0. The van der Waals surface area contributed by atoms with Gasteiger partial charge in [-0.3, -0.25) is 4.98 Å². The molecule has 0 saturated carbocycles. The second kappa shape index (κ2) is 7.68. The van der Waals surface area contributed by atoms with Crippen LogP contribution in [-0.2, 0) is 6.42 Å². The van der Waals surface area contributed by atoms with Crippen molar-refractivity contribution in [2.45, 2.75) is 12.8 Å². The summed E-state index contributed by atoms with van der Waals surface area (Å²) in [6.07, 6.45) is 3.71. The van der Waals surface area contributed by atoms with E-state index in [1.165, 1.54) is 5.56 Å². The molecule has 0 atom stereocenters. The second-order valence-electron chi connectivity index (χ2n) is 5.47. The van der Waals surface area contributed by atoms with Crippen molar-refractivity contribution in [2.75, 3.05) is 20.8 Å². The Hall–Kier alpha value is -2.75. The molecule has 2 aromatic carbocycles. The number of ether oxygens (including phenoxy) is 3. The minimum atomic E-state index is 0.655. The zero-order chi connectivity index (χ0) is 16.8. The van der Waals surface area contributed by atoms with Gasteiger partial charge in [0, 0.05) is 17.6 Å². The summed E-state index contributed by atoms with van der Waals surface area (Å²) in [6, 6.07) is 16.1. The fraction of sp³-hybridized carbons (Fsp3) is 0.250. The average Bonchev–Trinajstić information content (AvgIpc) is 2.65. The van der Waals surface area contributed by atoms with Gasteiger partial charge in [-0.2, -0.15) is 0 Å². The number of aromatic nitrogens is 1. The quantitative estimate of drug-likeness (QED) is 0.609. The number of rotatable bonds is 7. The van der Waals surface area contributed by atoms with Gasteiger partial charge in [-0.15, -0.1) is 0 Å². The predicted octanol–water partition coefficient (Wildman–Crippen LogP) is 4.26. The average molecular weight is 323 g/mol. The van der Waals surface area contributed by atoms with Crippen molar-refractivity contribution in [3.8, 4) is 17.2 Å². The van der Waals surface area contributed by atoms with Gasteiger partial charge in [-0.05, 0) is 30.5 Å². The Labute approximate surface area is 142 Å². The van der Waals surface area contributed by atoms with Crippen LogP contribution in [0.25, 0.3) is 10.9 Å². The van der Waals surface area contributed by atoms with Crippen molar-refractivity contribution in [3.63, 3.8) is 0 Å². The smallest absolute Gasteiger partial charge is 0.162 e. The molecule has 4 heteroatoms. The normalized spacial score (nSPS) is 10.6. The molecule has 0 aliphatic carbocycles. The van der Waals surface area contributed by atoms with Crippen LogP contribution in [0.4, 0.5) is 0 Å². The van der Waals surface area contributed by atoms with Crippen LogP contribution in [0.15, 0.2) is 54.7 Å². The summed E-state index contributed by atoms with van der Waals surface area (Å²) in [4.78, 5) is 4.39. The number of fused-ring (bicyclic) bond motifs is 1. The van der Waals surface area contributed by atoms with Crippen LogP contribution in [0.2, 0.25) is 0 Å². The summed E-state index contributed by atoms with van der Waals surface area (Å²) in [6.45, 7) is 0.655. The van der Waals surface area contributed by atoms with E-state index in [0.717, 1.165) is 29.5 Å². The highest BCUT2D eigenvalue weighted by molar-refractivity contribution is 5.88. The van der Waals surface area contributed by atoms with Crippen LogP contribution in [0.1, 0.15) is 12.0 Å². The molecule has 0 N–H and O–H groups in total. The zero-order valence-electron chi connectivity index (χ0n) is 14.0. The SMILES string of the molecule is COc1cc2nccc(OCCCc3ccccc3)c2cc1OC. The molecular formula is C20H21NO3. The Kier molecular flexibility index (Phi) is 5.16. The van der Waals surface area contributed by atoms with Crippen LogP contribution < -0.4 is 14.2 Å². The summed E-state index contributed by atoms with van der Waals surface area (Å²) >= 11 is 0. The molecule has 0 radical (unpaired) electrons. The van der Waals surface area contributed by atoms with E-state index in [2.05, 4.69) is 29.2 Å². The first-order valence-corrected chi connectivity index (χ1v) is 7.99. The Morgan fingerprint density at radius 2 is 1.62 bits per heavy atom. The van der Waals surface area contributed by atoms with Gasteiger partial charge in [0.15, 0.2) is 11.5 Å². The number of benzene rings is 2. The number of hydrogen-bond donors (Lipinski definition) is 0. The van der Waals surface area contributed by atoms with Gasteiger partial charge in [0.1, 0.15) is 5.75 Å². The number of methoxy groups -OCH3 is 2. The highest BCUT2D eigenvalue weighted by Gasteiger charge is 2.10. The molecular weight excluding hydrogens is 302 g/mol. The first-order valence-electron chi connectivity index (χ1n) is 7.99. The minimum Gasteiger partial charge on any atom is -0.493 e. The summed E-state index contributed by atoms with van der Waals surface area (Å²) in [5, 5.41) is 0.926. The molecule has 3 aromatic rings. The standard InChI is InChI=1S/C20H21NO3/c1-22-19-13-16-17(14-20(19)23-2)21-11-10-18(16)24-12-6-9-15-7-4-3-5-8-15/h3-5,7-8,10-11,13-14H,6,9,12H2,1-2H3. The molecule has 24 heavy (non-hydrogen) atoms. The highest BCUT2D eigenvalue weighted by Crippen LogP contribution is 2.35. The molecule has 0 saturated heterocycles. The number of nitrogens with zero attached hydrogens (tertiary/aromatic N) is 1. The monoisotopic (exact) mass is 323 g/mol. The minimum absolute atomic E-state index is 0.655. The van der Waals surface area contributed by atoms with Crippen molar-refractivity contribution >= 4 is 10.9 Å². The summed E-state index contributed by atoms with van der Waals surface area (Å²) in [5.74, 6) is 2.15. The molecule has 1 heterocycles. The molecule has 0 fully saturated rings. The van der Waals surface area contributed by atoms with Gasteiger partial charge in [0.2, 0.25) is 0 Å². The Morgan fingerprint density at radius 1 is 0.875 bits per heavy atom. The lowest BCUT2D eigenvalue weighted by Crippen LogP contribution is -2.00. The molecule has 0 spiro atoms. The molecule has 4 nitrogen and oxygen atoms in total. The first kappa shape index (κ1) is 16.1. The third-order valence-electron chi connectivity index (χ3n) is 3.92. The van der Waals surface area contributed by atoms with Crippen LogP contribution >= 0.6 is 0 Å². The Balaban J connectivity index is 1.72. The van der Waals surface area contributed by atoms with Crippen LogP contribution in [-0.4, -0.2) is 25.8 Å². The topological polar surface area (TPSA) is 40.6 Å². The Bertz CT molecular complexity index is 803. The summed E-state index contributed by atoms with van der Waals surface area (Å²) in [7, 11) is 3.24. The fourth-order valence-electron chi connectivity index (χ4n) is 2.68. The largest absolute Gasteiger partial charge is 0.493 e. The van der Waals surface area contributed by atoms with E-state index in [4.69, 9.17) is 14.2 Å². The van der Waals surface area contributed by atoms with Gasteiger partial charge < -0.3 is 14.2 Å². The summed E-state index contributed by atoms with van der Waals surface area (Å²) in [5.41, 5.74) is 2.15. The Morgan fingerprint density at radius 3 is 2.38 bits per heavy atom. The van der Waals surface area contributed by atoms with Gasteiger partial charge in [0.05, 0.1) is 26.3 Å². The van der Waals surface area contributed by atoms with Gasteiger partial charge in [-0.25, -0.2) is 0 Å². The van der Waals surface area contributed by atoms with Gasteiger partial charge in [-0.1, -0.05) is 30.3 Å². The predicted molar refractivity (Wildman–Crippen MR) is 95.1 cm³/mol. The number of pyridine rings is 1. The summed E-state index contributed by atoms with van der Waals surface area (Å²) < 4.78 is 16.7. The van der Waals surface area contributed by atoms with Crippen molar-refractivity contribution in [2.24, 2.45) is 0 Å². The lowest BCUT2D eigenvalue weighted by Gasteiger charge is -2.12. The van der Waals surface area contributed by atoms with Gasteiger partial charge >= 0.3 is 0 Å². The fourth-order valence-corrected chi connectivity index (χ4v) is 2.68. The lowest BCUT2D eigenvalue weighted by atomic mass is 10.1. The first-order chi connectivity index (χ1) is 11.8. The van der Waals surface area contributed by atoms with E-state index < -0.39 is 0 Å². The highest BCUT2D eigenvalue weighted by atomic mass is 16.5. The molecule has 0 aliphatic rings. The maximum absolute atomic E-state index is 5.98. The van der Waals surface area contributed by atoms with Crippen molar-refractivity contribution in [1.29, 1.82) is 0 Å². The van der Waals surface area contributed by atoms with Crippen molar-refractivity contribution in [3.05, 3.63) is 60.3 Å². The van der Waals surface area contributed by atoms with Crippen LogP contribution in [0, 0.1) is 0 Å². The van der Waals surface area contributed by atoms with E-state index in [1.807, 2.05) is 24.3 Å². The molecule has 1 aromatic heterocycles. The molecule has 0 amide bonds. The van der Waals surface area contributed by atoms with Crippen LogP contribution in [0.3, 0.4) is 0 Å². The lowest BCUT2D eigenvalue weighted by molar-refractivity contribution is 0.314. The van der Waals surface area contributed by atoms with Crippen LogP contribution in [0.5, 0.6) is 17.2 Å². The molecule has 3 rings (SSSR count). The van der Waals surface area contributed by atoms with E-state index >= 15 is 0 Å². The number of aryl methyl sites for hydroxylation is 1. The second-order valence-corrected chi connectivity index (χ2v) is 5.47. The van der Waals surface area contributed by atoms with E-state index in [-0.39, 0.29) is 0 Å². The van der Waals surface area contributed by atoms with Gasteiger partial charge in [0.25, 0.3) is 0 Å². The van der Waals surface area contributed by atoms with E-state index in [1.54, 1.807) is 20.4 Å². The van der Waals surface area contributed by atoms with E-state index in [0.29, 0.717) is 18.1 Å². The third-order valence-corrected chi connectivity index (χ3v) is 3.92. The molecule has 0 unspecified atom stereocenters. The van der Waals surface area contributed by atoms with Crippen molar-refractivity contribution < 1.29 is 14.2 Å². The molecule has 124 valence electrons. The molecule has 0 aliphatic heterocycles. The van der Waals surface area contributed by atoms with Crippen molar-refractivity contribution in [1.82, 2.24) is 4.98 Å². The van der Waals surface area contributed by atoms with E-state index in [9.17, 15) is 0 Å². The number of hydrogen-bond acceptors (Lipinski definition) is 4. The maximum atomic E-state index is 5.98. The molecule has 0 bridgehead atoms.